The van der Waals surface area contributed by atoms with Crippen LogP contribution in [0.15, 0.2) is 206 Å². The lowest BCUT2D eigenvalue weighted by Gasteiger charge is -2.34. The van der Waals surface area contributed by atoms with E-state index < -0.39 is 8.07 Å². The highest BCUT2D eigenvalue weighted by Gasteiger charge is 2.41. The molecule has 3 heteroatoms. The largest absolute Gasteiger partial charge is 0.309 e. The minimum Gasteiger partial charge on any atom is -0.309 e. The molecule has 10 aromatic rings. The molecule has 0 bridgehead atoms. The highest BCUT2D eigenvalue weighted by Crippen LogP contribution is 2.42. The van der Waals surface area contributed by atoms with Gasteiger partial charge in [-0.25, -0.2) is 0 Å². The van der Waals surface area contributed by atoms with E-state index in [1.165, 1.54) is 70.0 Å². The zero-order chi connectivity index (χ0) is 33.8. The van der Waals surface area contributed by atoms with Gasteiger partial charge in [0.15, 0.2) is 8.07 Å². The van der Waals surface area contributed by atoms with E-state index in [1.807, 2.05) is 0 Å². The zero-order valence-corrected chi connectivity index (χ0v) is 29.0. The fraction of sp³-hybridized carbons (Fsp3) is 0. The van der Waals surface area contributed by atoms with Crippen molar-refractivity contribution in [3.63, 3.8) is 0 Å². The summed E-state index contributed by atoms with van der Waals surface area (Å²) in [5, 5.41) is 10.6. The topological polar surface area (TPSA) is 9.86 Å². The third-order valence-corrected chi connectivity index (χ3v) is 15.5. The van der Waals surface area contributed by atoms with Crippen LogP contribution in [0.1, 0.15) is 0 Å². The first-order valence-corrected chi connectivity index (χ1v) is 19.6. The second-order valence-corrected chi connectivity index (χ2v) is 17.1. The molecule has 0 radical (unpaired) electrons. The van der Waals surface area contributed by atoms with Crippen molar-refractivity contribution in [2.75, 3.05) is 0 Å². The third-order valence-electron chi connectivity index (χ3n) is 10.7. The lowest BCUT2D eigenvalue weighted by Crippen LogP contribution is -2.74. The Morgan fingerprint density at radius 2 is 0.588 bits per heavy atom. The summed E-state index contributed by atoms with van der Waals surface area (Å²) in [6.07, 6.45) is 0. The maximum atomic E-state index is 2.46. The summed E-state index contributed by atoms with van der Waals surface area (Å²) < 4.78 is 4.87. The second-order valence-electron chi connectivity index (χ2n) is 13.3. The van der Waals surface area contributed by atoms with Crippen molar-refractivity contribution in [2.45, 2.75) is 0 Å². The Balaban J connectivity index is 1.24. The van der Waals surface area contributed by atoms with Crippen LogP contribution in [0.3, 0.4) is 0 Å². The summed E-state index contributed by atoms with van der Waals surface area (Å²) in [5.74, 6) is 0. The number of rotatable bonds is 6. The van der Waals surface area contributed by atoms with E-state index in [0.717, 1.165) is 5.69 Å². The van der Waals surface area contributed by atoms with E-state index in [0.29, 0.717) is 0 Å². The van der Waals surface area contributed by atoms with Crippen molar-refractivity contribution in [1.29, 1.82) is 0 Å². The lowest BCUT2D eigenvalue weighted by molar-refractivity contribution is 1.17. The van der Waals surface area contributed by atoms with Gasteiger partial charge in [0.25, 0.3) is 0 Å². The van der Waals surface area contributed by atoms with Crippen molar-refractivity contribution < 1.29 is 0 Å². The van der Waals surface area contributed by atoms with Crippen LogP contribution in [-0.4, -0.2) is 17.2 Å². The molecular formula is C48H34N2Si. The monoisotopic (exact) mass is 666 g/mol. The Morgan fingerprint density at radius 3 is 1.02 bits per heavy atom. The average Bonchev–Trinajstić information content (AvgIpc) is 3.73. The van der Waals surface area contributed by atoms with Crippen molar-refractivity contribution in [2.24, 2.45) is 0 Å². The maximum absolute atomic E-state index is 2.62. The molecule has 10 rings (SSSR count). The van der Waals surface area contributed by atoms with E-state index in [-0.39, 0.29) is 0 Å². The van der Waals surface area contributed by atoms with Crippen molar-refractivity contribution in [1.82, 2.24) is 9.13 Å². The Kier molecular flexibility index (Phi) is 6.86. The van der Waals surface area contributed by atoms with E-state index in [1.54, 1.807) is 0 Å². The van der Waals surface area contributed by atoms with Gasteiger partial charge >= 0.3 is 0 Å². The standard InChI is InChI=1S/C48H34N2Si/c1-5-17-35(18-6-1)49-43-27-15-13-25-41(43)47-45(49)33-34-46-48(47)42-26-14-16-28-44(42)50(46)36-29-31-40(32-30-36)51(37-19-7-2-8-20-37,38-21-9-3-10-22-38)39-23-11-4-12-24-39/h1-34H. The van der Waals surface area contributed by atoms with Crippen LogP contribution in [0.2, 0.25) is 0 Å². The minimum absolute atomic E-state index is 1.16. The average molecular weight is 667 g/mol. The number of nitrogens with zero attached hydrogens (tertiary/aromatic N) is 2. The Morgan fingerprint density at radius 1 is 0.255 bits per heavy atom. The molecule has 8 aromatic carbocycles. The Hall–Kier alpha value is -6.42. The number of fused-ring (bicyclic) bond motifs is 7. The Labute approximate surface area is 298 Å². The lowest BCUT2D eigenvalue weighted by atomic mass is 10.1. The molecule has 0 unspecified atom stereocenters. The molecule has 0 fully saturated rings. The summed E-state index contributed by atoms with van der Waals surface area (Å²) in [4.78, 5) is 0. The molecule has 0 spiro atoms. The third kappa shape index (κ3) is 4.42. The van der Waals surface area contributed by atoms with Gasteiger partial charge in [0, 0.05) is 32.9 Å². The van der Waals surface area contributed by atoms with Gasteiger partial charge in [-0.05, 0) is 69.3 Å². The molecule has 0 saturated carbocycles. The zero-order valence-electron chi connectivity index (χ0n) is 28.0. The second kappa shape index (κ2) is 11.9. The maximum Gasteiger partial charge on any atom is 0.179 e. The minimum atomic E-state index is -2.62. The first-order chi connectivity index (χ1) is 25.3. The van der Waals surface area contributed by atoms with Crippen molar-refractivity contribution in [3.8, 4) is 11.4 Å². The first-order valence-electron chi connectivity index (χ1n) is 17.6. The van der Waals surface area contributed by atoms with Crippen LogP contribution in [0.4, 0.5) is 0 Å². The molecule has 0 aliphatic heterocycles. The quantitative estimate of drug-likeness (QED) is 0.124. The van der Waals surface area contributed by atoms with Gasteiger partial charge in [-0.1, -0.05) is 158 Å². The molecule has 0 atom stereocenters. The van der Waals surface area contributed by atoms with E-state index >= 15 is 0 Å². The van der Waals surface area contributed by atoms with Gasteiger partial charge in [-0.15, -0.1) is 0 Å². The van der Waals surface area contributed by atoms with E-state index in [9.17, 15) is 0 Å². The van der Waals surface area contributed by atoms with Gasteiger partial charge in [0.2, 0.25) is 0 Å². The van der Waals surface area contributed by atoms with Gasteiger partial charge in [0.05, 0.1) is 22.1 Å². The van der Waals surface area contributed by atoms with E-state index in [2.05, 4.69) is 215 Å². The first kappa shape index (κ1) is 29.5. The molecule has 51 heavy (non-hydrogen) atoms. The number of hydrogen-bond donors (Lipinski definition) is 0. The molecule has 240 valence electrons. The summed E-state index contributed by atoms with van der Waals surface area (Å²) in [7, 11) is -2.62. The van der Waals surface area contributed by atoms with Gasteiger partial charge in [-0.2, -0.15) is 0 Å². The highest BCUT2D eigenvalue weighted by molar-refractivity contribution is 7.19. The molecule has 2 aromatic heterocycles. The number of para-hydroxylation sites is 3. The van der Waals surface area contributed by atoms with Crippen LogP contribution in [0, 0.1) is 0 Å². The summed E-state index contributed by atoms with van der Waals surface area (Å²) in [5.41, 5.74) is 7.19. The molecule has 2 nitrogen and oxygen atoms in total. The van der Waals surface area contributed by atoms with Crippen LogP contribution < -0.4 is 20.7 Å². The summed E-state index contributed by atoms with van der Waals surface area (Å²) in [6, 6.07) is 76.0. The summed E-state index contributed by atoms with van der Waals surface area (Å²) >= 11 is 0. The molecular weight excluding hydrogens is 633 g/mol. The molecule has 0 N–H and O–H groups in total. The number of aromatic nitrogens is 2. The van der Waals surface area contributed by atoms with Crippen LogP contribution in [-0.2, 0) is 0 Å². The smallest absolute Gasteiger partial charge is 0.179 e. The van der Waals surface area contributed by atoms with Crippen LogP contribution >= 0.6 is 0 Å². The van der Waals surface area contributed by atoms with Crippen molar-refractivity contribution in [3.05, 3.63) is 206 Å². The fourth-order valence-corrected chi connectivity index (χ4v) is 13.3. The van der Waals surface area contributed by atoms with Crippen molar-refractivity contribution >= 4 is 72.4 Å². The summed E-state index contributed by atoms with van der Waals surface area (Å²) in [6.45, 7) is 0. The molecule has 0 saturated heterocycles. The molecule has 0 aliphatic rings. The molecule has 0 amide bonds. The van der Waals surface area contributed by atoms with E-state index in [4.69, 9.17) is 0 Å². The highest BCUT2D eigenvalue weighted by atomic mass is 28.3. The predicted octanol–water partition coefficient (Wildman–Crippen LogP) is 9.26. The SMILES string of the molecule is c1ccc(-n2c3ccccc3c3c4c5ccccc5n(-c5ccc([Si](c6ccccc6)(c6ccccc6)c6ccccc6)cc5)c4ccc32)cc1. The predicted molar refractivity (Wildman–Crippen MR) is 219 cm³/mol. The Bertz CT molecular complexity index is 2720. The number of benzene rings is 8. The van der Waals surface area contributed by atoms with Crippen LogP contribution in [0.25, 0.3) is 55.0 Å². The molecule has 0 aliphatic carbocycles. The molecule has 2 heterocycles. The number of hydrogen-bond acceptors (Lipinski definition) is 0. The fourth-order valence-electron chi connectivity index (χ4n) is 8.58. The van der Waals surface area contributed by atoms with Crippen LogP contribution in [0.5, 0.6) is 0 Å². The van der Waals surface area contributed by atoms with Gasteiger partial charge in [-0.3, -0.25) is 0 Å². The van der Waals surface area contributed by atoms with Gasteiger partial charge < -0.3 is 9.13 Å². The normalized spacial score (nSPS) is 11.9. The van der Waals surface area contributed by atoms with Gasteiger partial charge in [0.1, 0.15) is 0 Å².